The molecule has 0 aromatic heterocycles. The zero-order valence-electron chi connectivity index (χ0n) is 17.5. The monoisotopic (exact) mass is 444 g/mol. The van der Waals surface area contributed by atoms with Crippen LogP contribution in [-0.4, -0.2) is 38.0 Å². The first-order valence-electron chi connectivity index (χ1n) is 10.0. The number of nitrogens with one attached hydrogen (secondary N) is 1. The van der Waals surface area contributed by atoms with Gasteiger partial charge in [0.05, 0.1) is 19.6 Å². The van der Waals surface area contributed by atoms with E-state index >= 15 is 0 Å². The zero-order chi connectivity index (χ0) is 22.4. The van der Waals surface area contributed by atoms with Crippen LogP contribution >= 0.6 is 11.6 Å². The number of ether oxygens (including phenoxy) is 2. The Morgan fingerprint density at radius 3 is 2.58 bits per heavy atom. The lowest BCUT2D eigenvalue weighted by molar-refractivity contribution is -0.148. The van der Waals surface area contributed by atoms with Crippen LogP contribution in [0.5, 0.6) is 5.75 Å². The maximum absolute atomic E-state index is 12.7. The molecule has 1 aliphatic heterocycles. The first-order chi connectivity index (χ1) is 14.9. The lowest BCUT2D eigenvalue weighted by Crippen LogP contribution is -2.38. The van der Waals surface area contributed by atoms with Gasteiger partial charge in [0, 0.05) is 24.2 Å². The summed E-state index contributed by atoms with van der Waals surface area (Å²) in [5, 5.41) is 3.28. The van der Waals surface area contributed by atoms with Crippen LogP contribution in [-0.2, 0) is 25.5 Å². The summed E-state index contributed by atoms with van der Waals surface area (Å²) in [6.45, 7) is 1.58. The molecule has 0 spiro atoms. The van der Waals surface area contributed by atoms with Crippen molar-refractivity contribution in [1.29, 1.82) is 0 Å². The van der Waals surface area contributed by atoms with E-state index in [2.05, 4.69) is 5.32 Å². The highest BCUT2D eigenvalue weighted by atomic mass is 35.5. The molecular weight excluding hydrogens is 420 g/mol. The van der Waals surface area contributed by atoms with Crippen LogP contribution in [0.3, 0.4) is 0 Å². The topological polar surface area (TPSA) is 84.9 Å². The molecule has 1 unspecified atom stereocenters. The number of nitrogens with zero attached hydrogens (tertiary/aromatic N) is 1. The number of amides is 2. The molecule has 0 bridgehead atoms. The summed E-state index contributed by atoms with van der Waals surface area (Å²) < 4.78 is 10.5. The molecule has 2 amide bonds. The molecule has 2 aromatic rings. The van der Waals surface area contributed by atoms with Crippen molar-refractivity contribution in [2.24, 2.45) is 0 Å². The summed E-state index contributed by atoms with van der Waals surface area (Å²) in [6.07, 6.45) is 1.58. The number of methoxy groups -OCH3 is 1. The van der Waals surface area contributed by atoms with Gasteiger partial charge in [0.15, 0.2) is 6.61 Å². The Morgan fingerprint density at radius 1 is 1.16 bits per heavy atom. The number of aryl methyl sites for hydroxylation is 1. The second kappa shape index (κ2) is 10.3. The molecule has 7 nitrogen and oxygen atoms in total. The molecular formula is C23H25ClN2O5. The third-order valence-corrected chi connectivity index (χ3v) is 5.34. The van der Waals surface area contributed by atoms with Gasteiger partial charge in [-0.25, -0.2) is 0 Å². The minimum atomic E-state index is -0.575. The fourth-order valence-corrected chi connectivity index (χ4v) is 3.72. The number of carbonyl (C=O) groups is 3. The van der Waals surface area contributed by atoms with Crippen molar-refractivity contribution < 1.29 is 23.9 Å². The molecule has 8 heteroatoms. The molecule has 31 heavy (non-hydrogen) atoms. The standard InChI is InChI=1S/C23H25ClN2O5/c1-15(27)25-20(16-5-7-18(24)8-6-16)13-23(29)31-14-22(28)26-11-3-4-17-12-19(30-2)9-10-21(17)26/h5-10,12,20H,3-4,11,13-14H2,1-2H3,(H,25,27). The average molecular weight is 445 g/mol. The highest BCUT2D eigenvalue weighted by molar-refractivity contribution is 6.30. The summed E-state index contributed by atoms with van der Waals surface area (Å²) in [4.78, 5) is 38.3. The van der Waals surface area contributed by atoms with Crippen molar-refractivity contribution in [1.82, 2.24) is 5.32 Å². The van der Waals surface area contributed by atoms with E-state index in [0.717, 1.165) is 35.4 Å². The molecule has 164 valence electrons. The van der Waals surface area contributed by atoms with Crippen molar-refractivity contribution in [3.8, 4) is 5.75 Å². The van der Waals surface area contributed by atoms with Gasteiger partial charge in [0.25, 0.3) is 5.91 Å². The SMILES string of the molecule is COc1ccc2c(c1)CCCN2C(=O)COC(=O)CC(NC(C)=O)c1ccc(Cl)cc1. The smallest absolute Gasteiger partial charge is 0.308 e. The first kappa shape index (κ1) is 22.6. The fourth-order valence-electron chi connectivity index (χ4n) is 3.60. The molecule has 0 saturated heterocycles. The van der Waals surface area contributed by atoms with E-state index < -0.39 is 12.0 Å². The van der Waals surface area contributed by atoms with Crippen molar-refractivity contribution in [2.75, 3.05) is 25.2 Å². The van der Waals surface area contributed by atoms with Crippen molar-refractivity contribution in [3.63, 3.8) is 0 Å². The predicted molar refractivity (Wildman–Crippen MR) is 117 cm³/mol. The van der Waals surface area contributed by atoms with Crippen LogP contribution in [0.25, 0.3) is 0 Å². The lowest BCUT2D eigenvalue weighted by Gasteiger charge is -2.29. The van der Waals surface area contributed by atoms with E-state index in [1.54, 1.807) is 42.3 Å². The van der Waals surface area contributed by atoms with Crippen LogP contribution in [0.2, 0.25) is 5.02 Å². The van der Waals surface area contributed by atoms with Gasteiger partial charge in [0.2, 0.25) is 5.91 Å². The number of halogens is 1. The highest BCUT2D eigenvalue weighted by Crippen LogP contribution is 2.30. The van der Waals surface area contributed by atoms with Crippen LogP contribution in [0.15, 0.2) is 42.5 Å². The zero-order valence-corrected chi connectivity index (χ0v) is 18.3. The van der Waals surface area contributed by atoms with Gasteiger partial charge in [-0.15, -0.1) is 0 Å². The van der Waals surface area contributed by atoms with Gasteiger partial charge in [-0.1, -0.05) is 23.7 Å². The molecule has 3 rings (SSSR count). The van der Waals surface area contributed by atoms with E-state index in [9.17, 15) is 14.4 Å². The predicted octanol–water partition coefficient (Wildman–Crippen LogP) is 3.44. The van der Waals surface area contributed by atoms with Crippen LogP contribution in [0, 0.1) is 0 Å². The number of anilines is 1. The van der Waals surface area contributed by atoms with Crippen molar-refractivity contribution in [3.05, 3.63) is 58.6 Å². The number of rotatable bonds is 7. The number of carbonyl (C=O) groups excluding carboxylic acids is 3. The molecule has 2 aromatic carbocycles. The Bertz CT molecular complexity index is 961. The maximum atomic E-state index is 12.7. The third-order valence-electron chi connectivity index (χ3n) is 5.08. The van der Waals surface area contributed by atoms with Crippen molar-refractivity contribution >= 4 is 35.1 Å². The van der Waals surface area contributed by atoms with E-state index in [-0.39, 0.29) is 24.8 Å². The molecule has 0 aliphatic carbocycles. The second-order valence-corrected chi connectivity index (χ2v) is 7.75. The average Bonchev–Trinajstić information content (AvgIpc) is 2.76. The molecule has 1 aliphatic rings. The summed E-state index contributed by atoms with van der Waals surface area (Å²) in [5.74, 6) is -0.397. The summed E-state index contributed by atoms with van der Waals surface area (Å²) in [6, 6.07) is 11.8. The van der Waals surface area contributed by atoms with Crippen molar-refractivity contribution in [2.45, 2.75) is 32.2 Å². The van der Waals surface area contributed by atoms with Gasteiger partial charge >= 0.3 is 5.97 Å². The van der Waals surface area contributed by atoms with E-state index in [4.69, 9.17) is 21.1 Å². The minimum Gasteiger partial charge on any atom is -0.497 e. The number of benzene rings is 2. The Morgan fingerprint density at radius 2 is 1.90 bits per heavy atom. The number of esters is 1. The Kier molecular flexibility index (Phi) is 7.52. The Labute approximate surface area is 186 Å². The van der Waals surface area contributed by atoms with E-state index in [0.29, 0.717) is 11.6 Å². The molecule has 0 saturated carbocycles. The quantitative estimate of drug-likeness (QED) is 0.661. The highest BCUT2D eigenvalue weighted by Gasteiger charge is 2.25. The largest absolute Gasteiger partial charge is 0.497 e. The molecule has 1 N–H and O–H groups in total. The van der Waals surface area contributed by atoms with Gasteiger partial charge in [-0.3, -0.25) is 14.4 Å². The lowest BCUT2D eigenvalue weighted by atomic mass is 10.0. The molecule has 1 atom stereocenters. The first-order valence-corrected chi connectivity index (χ1v) is 10.4. The van der Waals surface area contributed by atoms with Crippen LogP contribution in [0.4, 0.5) is 5.69 Å². The van der Waals surface area contributed by atoms with Gasteiger partial charge in [-0.2, -0.15) is 0 Å². The summed E-state index contributed by atoms with van der Waals surface area (Å²) in [5.41, 5.74) is 2.56. The Balaban J connectivity index is 1.61. The second-order valence-electron chi connectivity index (χ2n) is 7.31. The maximum Gasteiger partial charge on any atom is 0.308 e. The minimum absolute atomic E-state index is 0.0950. The van der Waals surface area contributed by atoms with Gasteiger partial charge in [-0.05, 0) is 54.3 Å². The molecule has 1 heterocycles. The Hall–Kier alpha value is -3.06. The number of fused-ring (bicyclic) bond motifs is 1. The third kappa shape index (κ3) is 5.98. The summed E-state index contributed by atoms with van der Waals surface area (Å²) in [7, 11) is 1.60. The van der Waals surface area contributed by atoms with Gasteiger partial charge in [0.1, 0.15) is 5.75 Å². The fraction of sp³-hybridized carbons (Fsp3) is 0.348. The molecule has 0 fully saturated rings. The number of hydrogen-bond donors (Lipinski definition) is 1. The number of hydrogen-bond acceptors (Lipinski definition) is 5. The molecule has 0 radical (unpaired) electrons. The summed E-state index contributed by atoms with van der Waals surface area (Å²) >= 11 is 5.91. The van der Waals surface area contributed by atoms with Crippen LogP contribution in [0.1, 0.15) is 36.9 Å². The normalized spacial score (nSPS) is 13.7. The van der Waals surface area contributed by atoms with Gasteiger partial charge < -0.3 is 19.7 Å². The van der Waals surface area contributed by atoms with E-state index in [1.807, 2.05) is 12.1 Å². The van der Waals surface area contributed by atoms with E-state index in [1.165, 1.54) is 6.92 Å². The van der Waals surface area contributed by atoms with Crippen LogP contribution < -0.4 is 15.0 Å².